The molecule has 0 heterocycles. The highest BCUT2D eigenvalue weighted by Crippen LogP contribution is 2.08. The van der Waals surface area contributed by atoms with E-state index in [1.807, 2.05) is 27.7 Å². The van der Waals surface area contributed by atoms with E-state index in [1.165, 1.54) is 0 Å². The quantitative estimate of drug-likeness (QED) is 0.546. The first-order chi connectivity index (χ1) is 6.35. The lowest BCUT2D eigenvalue weighted by Crippen LogP contribution is -2.32. The van der Waals surface area contributed by atoms with Gasteiger partial charge >= 0.3 is 5.97 Å². The molecule has 1 unspecified atom stereocenters. The molecule has 0 aromatic carbocycles. The Morgan fingerprint density at radius 2 is 2.14 bits per heavy atom. The number of terminal acetylenes is 1. The zero-order chi connectivity index (χ0) is 11.2. The molecule has 0 rings (SSSR count). The first-order valence-electron chi connectivity index (χ1n) is 4.74. The van der Waals surface area contributed by atoms with Crippen molar-refractivity contribution in [3.63, 3.8) is 0 Å². The third kappa shape index (κ3) is 7.63. The van der Waals surface area contributed by atoms with Crippen molar-refractivity contribution in [1.29, 1.82) is 0 Å². The van der Waals surface area contributed by atoms with Crippen molar-refractivity contribution in [2.45, 2.75) is 45.8 Å². The molecular formula is C11H19NO2. The maximum atomic E-state index is 11.3. The molecule has 3 heteroatoms. The number of carbonyl (C=O) groups excluding carboxylic acids is 1. The van der Waals surface area contributed by atoms with Gasteiger partial charge in [0, 0.05) is 6.04 Å². The summed E-state index contributed by atoms with van der Waals surface area (Å²) < 4.78 is 5.16. The molecule has 0 amide bonds. The molecule has 1 atom stereocenters. The van der Waals surface area contributed by atoms with Crippen molar-refractivity contribution in [3.8, 4) is 12.3 Å². The number of esters is 1. The maximum Gasteiger partial charge on any atom is 0.307 e. The minimum atomic E-state index is -0.414. The van der Waals surface area contributed by atoms with Gasteiger partial charge in [-0.1, -0.05) is 5.92 Å². The fourth-order valence-electron chi connectivity index (χ4n) is 0.938. The van der Waals surface area contributed by atoms with Crippen LogP contribution in [0.3, 0.4) is 0 Å². The number of nitrogens with one attached hydrogen (secondary N) is 1. The van der Waals surface area contributed by atoms with Crippen molar-refractivity contribution in [3.05, 3.63) is 0 Å². The Balaban J connectivity index is 3.78. The molecule has 0 saturated carbocycles. The summed E-state index contributed by atoms with van der Waals surface area (Å²) >= 11 is 0. The third-order valence-electron chi connectivity index (χ3n) is 1.45. The third-order valence-corrected chi connectivity index (χ3v) is 1.45. The Hall–Kier alpha value is -1.01. The summed E-state index contributed by atoms with van der Waals surface area (Å²) in [6.07, 6.45) is 5.43. The summed E-state index contributed by atoms with van der Waals surface area (Å²) in [4.78, 5) is 11.3. The van der Waals surface area contributed by atoms with Gasteiger partial charge in [0.25, 0.3) is 0 Å². The molecule has 0 bridgehead atoms. The van der Waals surface area contributed by atoms with Gasteiger partial charge in [-0.3, -0.25) is 4.79 Å². The molecule has 0 aliphatic rings. The number of rotatable bonds is 4. The molecule has 0 fully saturated rings. The molecule has 80 valence electrons. The van der Waals surface area contributed by atoms with Gasteiger partial charge in [-0.05, 0) is 27.7 Å². The molecule has 0 aromatic heterocycles. The molecule has 3 nitrogen and oxygen atoms in total. The number of hydrogen-bond donors (Lipinski definition) is 1. The minimum absolute atomic E-state index is 0.0564. The molecule has 0 radical (unpaired) electrons. The largest absolute Gasteiger partial charge is 0.460 e. The molecule has 14 heavy (non-hydrogen) atoms. The first-order valence-corrected chi connectivity index (χ1v) is 4.74. The van der Waals surface area contributed by atoms with Crippen molar-refractivity contribution in [1.82, 2.24) is 5.32 Å². The Morgan fingerprint density at radius 1 is 1.57 bits per heavy atom. The van der Waals surface area contributed by atoms with Gasteiger partial charge in [0.05, 0.1) is 13.0 Å². The second kappa shape index (κ2) is 5.66. The van der Waals surface area contributed by atoms with Crippen molar-refractivity contribution in [2.75, 3.05) is 6.54 Å². The van der Waals surface area contributed by atoms with E-state index < -0.39 is 5.60 Å². The zero-order valence-electron chi connectivity index (χ0n) is 9.39. The second-order valence-corrected chi connectivity index (χ2v) is 4.28. The van der Waals surface area contributed by atoms with Gasteiger partial charge in [0.1, 0.15) is 5.60 Å². The lowest BCUT2D eigenvalue weighted by molar-refractivity contribution is -0.155. The molecule has 0 aliphatic carbocycles. The lowest BCUT2D eigenvalue weighted by Gasteiger charge is -2.21. The summed E-state index contributed by atoms with van der Waals surface area (Å²) in [5.74, 6) is 2.26. The predicted molar refractivity (Wildman–Crippen MR) is 56.8 cm³/mol. The summed E-state index contributed by atoms with van der Waals surface area (Å²) in [5.41, 5.74) is -0.414. The van der Waals surface area contributed by atoms with E-state index >= 15 is 0 Å². The summed E-state index contributed by atoms with van der Waals surface area (Å²) in [5, 5.41) is 3.01. The zero-order valence-corrected chi connectivity index (χ0v) is 9.39. The number of ether oxygens (including phenoxy) is 1. The first kappa shape index (κ1) is 13.0. The van der Waals surface area contributed by atoms with Gasteiger partial charge in [-0.15, -0.1) is 6.42 Å². The molecule has 0 spiro atoms. The van der Waals surface area contributed by atoms with Gasteiger partial charge in [-0.25, -0.2) is 0 Å². The lowest BCUT2D eigenvalue weighted by atomic mass is 10.2. The van der Waals surface area contributed by atoms with Crippen LogP contribution in [-0.2, 0) is 9.53 Å². The Labute approximate surface area is 86.2 Å². The average Bonchev–Trinajstić information content (AvgIpc) is 1.96. The Kier molecular flexibility index (Phi) is 5.26. The van der Waals surface area contributed by atoms with Crippen LogP contribution in [0.2, 0.25) is 0 Å². The topological polar surface area (TPSA) is 38.3 Å². The fourth-order valence-corrected chi connectivity index (χ4v) is 0.938. The van der Waals surface area contributed by atoms with Crippen molar-refractivity contribution in [2.24, 2.45) is 0 Å². The van der Waals surface area contributed by atoms with Gasteiger partial charge in [0.2, 0.25) is 0 Å². The standard InChI is InChI=1S/C11H19NO2/c1-6-7-12-9(2)8-10(13)14-11(3,4)5/h1,9,12H,7-8H2,2-5H3. The maximum absolute atomic E-state index is 11.3. The van der Waals surface area contributed by atoms with Crippen LogP contribution < -0.4 is 5.32 Å². The van der Waals surface area contributed by atoms with Crippen LogP contribution in [0.25, 0.3) is 0 Å². The van der Waals surface area contributed by atoms with E-state index in [9.17, 15) is 4.79 Å². The Morgan fingerprint density at radius 3 is 2.57 bits per heavy atom. The van der Waals surface area contributed by atoms with E-state index in [-0.39, 0.29) is 12.0 Å². The molecule has 1 N–H and O–H groups in total. The minimum Gasteiger partial charge on any atom is -0.460 e. The van der Waals surface area contributed by atoms with E-state index in [2.05, 4.69) is 11.2 Å². The SMILES string of the molecule is C#CCNC(C)CC(=O)OC(C)(C)C. The summed E-state index contributed by atoms with van der Waals surface area (Å²) in [6, 6.07) is 0.0564. The Bertz CT molecular complexity index is 222. The van der Waals surface area contributed by atoms with Crippen molar-refractivity contribution >= 4 is 5.97 Å². The highest BCUT2D eigenvalue weighted by Gasteiger charge is 2.17. The van der Waals surface area contributed by atoms with Crippen LogP contribution in [0.4, 0.5) is 0 Å². The number of carbonyl (C=O) groups is 1. The normalized spacial score (nSPS) is 13.1. The number of hydrogen-bond acceptors (Lipinski definition) is 3. The predicted octanol–water partition coefficient (Wildman–Crippen LogP) is 1.33. The van der Waals surface area contributed by atoms with Crippen LogP contribution in [0, 0.1) is 12.3 Å². The van der Waals surface area contributed by atoms with Gasteiger partial charge < -0.3 is 10.1 Å². The highest BCUT2D eigenvalue weighted by atomic mass is 16.6. The van der Waals surface area contributed by atoms with Crippen LogP contribution >= 0.6 is 0 Å². The van der Waals surface area contributed by atoms with Crippen LogP contribution in [0.5, 0.6) is 0 Å². The smallest absolute Gasteiger partial charge is 0.307 e. The summed E-state index contributed by atoms with van der Waals surface area (Å²) in [7, 11) is 0. The van der Waals surface area contributed by atoms with E-state index in [0.717, 1.165) is 0 Å². The van der Waals surface area contributed by atoms with Gasteiger partial charge in [-0.2, -0.15) is 0 Å². The van der Waals surface area contributed by atoms with Crippen LogP contribution in [0.1, 0.15) is 34.1 Å². The van der Waals surface area contributed by atoms with Gasteiger partial charge in [0.15, 0.2) is 0 Å². The molecule has 0 aromatic rings. The monoisotopic (exact) mass is 197 g/mol. The van der Waals surface area contributed by atoms with Crippen LogP contribution in [0.15, 0.2) is 0 Å². The van der Waals surface area contributed by atoms with E-state index in [4.69, 9.17) is 11.2 Å². The molecular weight excluding hydrogens is 178 g/mol. The van der Waals surface area contributed by atoms with E-state index in [1.54, 1.807) is 0 Å². The second-order valence-electron chi connectivity index (χ2n) is 4.28. The van der Waals surface area contributed by atoms with Crippen molar-refractivity contribution < 1.29 is 9.53 Å². The highest BCUT2D eigenvalue weighted by molar-refractivity contribution is 5.70. The fraction of sp³-hybridized carbons (Fsp3) is 0.727. The molecule has 0 aliphatic heterocycles. The summed E-state index contributed by atoms with van der Waals surface area (Å²) in [6.45, 7) is 7.94. The molecule has 0 saturated heterocycles. The van der Waals surface area contributed by atoms with E-state index in [0.29, 0.717) is 13.0 Å². The average molecular weight is 197 g/mol. The van der Waals surface area contributed by atoms with Crippen LogP contribution in [-0.4, -0.2) is 24.2 Å².